The summed E-state index contributed by atoms with van der Waals surface area (Å²) in [7, 11) is 0. The quantitative estimate of drug-likeness (QED) is 0.600. The van der Waals surface area contributed by atoms with E-state index in [1.54, 1.807) is 0 Å². The molecule has 0 spiro atoms. The maximum absolute atomic E-state index is 9.33. The SMILES string of the molecule is N#Cc1c2cccc1ccc1cccc(cc2)c1C#N. The van der Waals surface area contributed by atoms with Crippen LogP contribution in [-0.2, 0) is 0 Å². The molecule has 0 unspecified atom stereocenters. The zero-order chi connectivity index (χ0) is 13.9. The lowest BCUT2D eigenvalue weighted by Crippen LogP contribution is -1.81. The highest BCUT2D eigenvalue weighted by molar-refractivity contribution is 5.85. The summed E-state index contributed by atoms with van der Waals surface area (Å²) in [4.78, 5) is 0. The van der Waals surface area contributed by atoms with Crippen molar-refractivity contribution in [3.05, 3.63) is 71.8 Å². The Labute approximate surface area is 116 Å². The average Bonchev–Trinajstić information content (AvgIpc) is 2.49. The van der Waals surface area contributed by atoms with Crippen LogP contribution < -0.4 is 0 Å². The standard InChI is InChI=1S/C18H10N2/c19-11-17-13-3-1-4-14(17)8-10-16-6-2-5-15(9-7-13)18(16)12-20/h1-10H. The largest absolute Gasteiger partial charge is 0.192 e. The first kappa shape index (κ1) is 12.0. The van der Waals surface area contributed by atoms with Gasteiger partial charge >= 0.3 is 0 Å². The van der Waals surface area contributed by atoms with Crippen LogP contribution >= 0.6 is 0 Å². The summed E-state index contributed by atoms with van der Waals surface area (Å²) in [5.41, 5.74) is 1.31. The molecule has 3 aromatic carbocycles. The van der Waals surface area contributed by atoms with Gasteiger partial charge in [0.2, 0.25) is 0 Å². The van der Waals surface area contributed by atoms with Crippen molar-refractivity contribution < 1.29 is 0 Å². The zero-order valence-electron chi connectivity index (χ0n) is 10.7. The number of fused-ring (bicyclic) bond motifs is 4. The second-order valence-electron chi connectivity index (χ2n) is 4.51. The summed E-state index contributed by atoms with van der Waals surface area (Å²) in [5, 5.41) is 22.1. The molecule has 2 nitrogen and oxygen atoms in total. The van der Waals surface area contributed by atoms with Crippen molar-refractivity contribution in [3.63, 3.8) is 0 Å². The van der Waals surface area contributed by atoms with Crippen LogP contribution in [0.2, 0.25) is 0 Å². The van der Waals surface area contributed by atoms with Gasteiger partial charge in [0.15, 0.2) is 0 Å². The zero-order valence-corrected chi connectivity index (χ0v) is 10.7. The second kappa shape index (κ2) is 4.88. The first-order valence-electron chi connectivity index (χ1n) is 6.26. The van der Waals surface area contributed by atoms with E-state index in [-0.39, 0.29) is 0 Å². The number of benzene rings is 2. The fraction of sp³-hybridized carbons (Fsp3) is 0. The molecule has 0 radical (unpaired) electrons. The van der Waals surface area contributed by atoms with Gasteiger partial charge in [-0.05, 0) is 21.5 Å². The molecule has 0 saturated carbocycles. The third kappa shape index (κ3) is 1.90. The van der Waals surface area contributed by atoms with Crippen molar-refractivity contribution >= 4 is 21.5 Å². The Morgan fingerprint density at radius 1 is 0.500 bits per heavy atom. The summed E-state index contributed by atoms with van der Waals surface area (Å²) in [6, 6.07) is 23.6. The molecule has 92 valence electrons. The monoisotopic (exact) mass is 254 g/mol. The smallest absolute Gasteiger partial charge is 0.100 e. The predicted octanol–water partition coefficient (Wildman–Crippen LogP) is 4.30. The minimum Gasteiger partial charge on any atom is -0.192 e. The van der Waals surface area contributed by atoms with Crippen LogP contribution in [0.3, 0.4) is 0 Å². The van der Waals surface area contributed by atoms with Crippen LogP contribution in [0.1, 0.15) is 11.1 Å². The van der Waals surface area contributed by atoms with Gasteiger partial charge in [0, 0.05) is 0 Å². The van der Waals surface area contributed by atoms with E-state index in [9.17, 15) is 10.5 Å². The number of nitrogens with zero attached hydrogens (tertiary/aromatic N) is 2. The lowest BCUT2D eigenvalue weighted by Gasteiger charge is -1.99. The molecule has 0 atom stereocenters. The van der Waals surface area contributed by atoms with Crippen molar-refractivity contribution in [2.24, 2.45) is 0 Å². The van der Waals surface area contributed by atoms with Crippen molar-refractivity contribution in [2.75, 3.05) is 0 Å². The van der Waals surface area contributed by atoms with Gasteiger partial charge in [0.05, 0.1) is 11.1 Å². The molecule has 4 bridgehead atoms. The summed E-state index contributed by atoms with van der Waals surface area (Å²) >= 11 is 0. The molecule has 0 N–H and O–H groups in total. The van der Waals surface area contributed by atoms with Crippen LogP contribution in [0.4, 0.5) is 0 Å². The summed E-state index contributed by atoms with van der Waals surface area (Å²) < 4.78 is 0. The Morgan fingerprint density at radius 2 is 0.800 bits per heavy atom. The van der Waals surface area contributed by atoms with Gasteiger partial charge in [-0.15, -0.1) is 0 Å². The van der Waals surface area contributed by atoms with Gasteiger partial charge in [-0.25, -0.2) is 0 Å². The molecule has 0 amide bonds. The van der Waals surface area contributed by atoms with Crippen molar-refractivity contribution in [1.82, 2.24) is 0 Å². The van der Waals surface area contributed by atoms with Gasteiger partial charge in [0.1, 0.15) is 12.1 Å². The highest BCUT2D eigenvalue weighted by Crippen LogP contribution is 2.20. The Balaban J connectivity index is 2.58. The van der Waals surface area contributed by atoms with Crippen LogP contribution in [-0.4, -0.2) is 0 Å². The molecule has 0 aliphatic rings. The number of rotatable bonds is 0. The molecule has 0 heterocycles. The van der Waals surface area contributed by atoms with E-state index in [0.29, 0.717) is 11.1 Å². The Morgan fingerprint density at radius 3 is 1.05 bits per heavy atom. The first-order valence-corrected chi connectivity index (χ1v) is 6.26. The molecule has 0 fully saturated rings. The van der Waals surface area contributed by atoms with Gasteiger partial charge in [-0.1, -0.05) is 60.7 Å². The number of hydrogen-bond donors (Lipinski definition) is 0. The van der Waals surface area contributed by atoms with E-state index in [4.69, 9.17) is 0 Å². The molecule has 3 rings (SSSR count). The van der Waals surface area contributed by atoms with E-state index in [2.05, 4.69) is 12.1 Å². The predicted molar refractivity (Wildman–Crippen MR) is 79.7 cm³/mol. The van der Waals surface area contributed by atoms with Crippen LogP contribution in [0, 0.1) is 22.7 Å². The molecule has 2 heteroatoms. The fourth-order valence-corrected chi connectivity index (χ4v) is 2.35. The molecule has 20 heavy (non-hydrogen) atoms. The third-order valence-corrected chi connectivity index (χ3v) is 3.37. The van der Waals surface area contributed by atoms with E-state index >= 15 is 0 Å². The Hall–Kier alpha value is -3.10. The summed E-state index contributed by atoms with van der Waals surface area (Å²) in [5.74, 6) is 0. The topological polar surface area (TPSA) is 47.6 Å². The molecule has 3 aromatic rings. The van der Waals surface area contributed by atoms with Gasteiger partial charge in [-0.2, -0.15) is 10.5 Å². The molecule has 0 aromatic heterocycles. The van der Waals surface area contributed by atoms with E-state index in [0.717, 1.165) is 21.5 Å². The first-order chi connectivity index (χ1) is 9.83. The second-order valence-corrected chi connectivity index (χ2v) is 4.51. The maximum atomic E-state index is 9.33. The van der Waals surface area contributed by atoms with Gasteiger partial charge in [0.25, 0.3) is 0 Å². The summed E-state index contributed by atoms with van der Waals surface area (Å²) in [6.07, 6.45) is 0. The molecule has 0 saturated heterocycles. The van der Waals surface area contributed by atoms with Gasteiger partial charge in [-0.3, -0.25) is 0 Å². The van der Waals surface area contributed by atoms with E-state index in [1.165, 1.54) is 0 Å². The van der Waals surface area contributed by atoms with Crippen molar-refractivity contribution in [3.8, 4) is 12.1 Å². The number of hydrogen-bond acceptors (Lipinski definition) is 2. The van der Waals surface area contributed by atoms with E-state index < -0.39 is 0 Å². The summed E-state index contributed by atoms with van der Waals surface area (Å²) in [6.45, 7) is 0. The van der Waals surface area contributed by atoms with Crippen LogP contribution in [0.15, 0.2) is 60.7 Å². The normalized spacial score (nSPS) is 9.90. The Bertz CT molecular complexity index is 790. The third-order valence-electron chi connectivity index (χ3n) is 3.37. The van der Waals surface area contributed by atoms with E-state index in [1.807, 2.05) is 60.7 Å². The fourth-order valence-electron chi connectivity index (χ4n) is 2.35. The molecule has 0 aliphatic heterocycles. The average molecular weight is 254 g/mol. The highest BCUT2D eigenvalue weighted by Gasteiger charge is 2.01. The minimum atomic E-state index is 0.656. The maximum Gasteiger partial charge on any atom is 0.100 e. The molecule has 0 aliphatic carbocycles. The lowest BCUT2D eigenvalue weighted by atomic mass is 10.0. The van der Waals surface area contributed by atoms with Crippen LogP contribution in [0.5, 0.6) is 0 Å². The Kier molecular flexibility index (Phi) is 2.92. The molecular formula is C18H10N2. The highest BCUT2D eigenvalue weighted by atomic mass is 14.2. The molecular weight excluding hydrogens is 244 g/mol. The van der Waals surface area contributed by atoms with Crippen molar-refractivity contribution in [1.29, 1.82) is 10.5 Å². The lowest BCUT2D eigenvalue weighted by molar-refractivity contribution is 1.51. The van der Waals surface area contributed by atoms with Gasteiger partial charge < -0.3 is 0 Å². The van der Waals surface area contributed by atoms with Crippen molar-refractivity contribution in [2.45, 2.75) is 0 Å². The van der Waals surface area contributed by atoms with Crippen LogP contribution in [0.25, 0.3) is 21.5 Å². The number of nitriles is 2. The minimum absolute atomic E-state index is 0.656.